The van der Waals surface area contributed by atoms with Crippen LogP contribution in [0.4, 0.5) is 0 Å². The van der Waals surface area contributed by atoms with E-state index < -0.39 is 0 Å². The number of hydrogen-bond acceptors (Lipinski definition) is 1. The number of hydrogen-bond donors (Lipinski definition) is 1. The lowest BCUT2D eigenvalue weighted by atomic mass is 10.2. The molecular weight excluding hydrogens is 90.1 g/mol. The van der Waals surface area contributed by atoms with Crippen LogP contribution < -0.4 is 5.48 Å². The normalized spacial score (nSPS) is 11.4. The Labute approximate surface area is 43.8 Å². The van der Waals surface area contributed by atoms with E-state index in [0.717, 1.165) is 5.48 Å². The Morgan fingerprint density at radius 3 is 2.29 bits per heavy atom. The SMILES string of the molecule is CC(C)/C=C/[NH2+][O-]. The van der Waals surface area contributed by atoms with E-state index in [1.807, 2.05) is 19.9 Å². The fourth-order valence-corrected chi connectivity index (χ4v) is 0.268. The molecule has 0 radical (unpaired) electrons. The molecule has 2 heteroatoms. The van der Waals surface area contributed by atoms with Gasteiger partial charge in [-0.2, -0.15) is 0 Å². The van der Waals surface area contributed by atoms with Crippen LogP contribution in [0.15, 0.2) is 12.3 Å². The highest BCUT2D eigenvalue weighted by Gasteiger charge is 1.79. The second-order valence-electron chi connectivity index (χ2n) is 1.76. The van der Waals surface area contributed by atoms with Crippen molar-refractivity contribution in [2.45, 2.75) is 13.8 Å². The molecule has 2 nitrogen and oxygen atoms in total. The molecule has 0 aliphatic heterocycles. The third-order valence-corrected chi connectivity index (χ3v) is 0.575. The van der Waals surface area contributed by atoms with Crippen LogP contribution >= 0.6 is 0 Å². The van der Waals surface area contributed by atoms with Crippen molar-refractivity contribution in [1.29, 1.82) is 0 Å². The topological polar surface area (TPSA) is 39.7 Å². The molecule has 0 aliphatic rings. The summed E-state index contributed by atoms with van der Waals surface area (Å²) in [6.45, 7) is 4.06. The molecular formula is C5H11NO. The molecule has 2 N–H and O–H groups in total. The fourth-order valence-electron chi connectivity index (χ4n) is 0.268. The van der Waals surface area contributed by atoms with Gasteiger partial charge in [0, 0.05) is 0 Å². The van der Waals surface area contributed by atoms with Crippen molar-refractivity contribution < 1.29 is 5.48 Å². The average Bonchev–Trinajstić information content (AvgIpc) is 1.61. The molecule has 0 spiro atoms. The minimum atomic E-state index is 0.491. The van der Waals surface area contributed by atoms with Crippen LogP contribution in [0, 0.1) is 11.1 Å². The van der Waals surface area contributed by atoms with Crippen LogP contribution in [0.25, 0.3) is 0 Å². The highest BCUT2D eigenvalue weighted by molar-refractivity contribution is 4.74. The van der Waals surface area contributed by atoms with E-state index >= 15 is 0 Å². The van der Waals surface area contributed by atoms with Gasteiger partial charge >= 0.3 is 0 Å². The maximum absolute atomic E-state index is 9.62. The van der Waals surface area contributed by atoms with E-state index in [1.54, 1.807) is 0 Å². The Hall–Kier alpha value is -0.340. The van der Waals surface area contributed by atoms with Gasteiger partial charge in [0.1, 0.15) is 0 Å². The van der Waals surface area contributed by atoms with Crippen LogP contribution in [0.5, 0.6) is 0 Å². The molecule has 0 rings (SSSR count). The zero-order chi connectivity index (χ0) is 5.70. The Kier molecular flexibility index (Phi) is 3.65. The van der Waals surface area contributed by atoms with Gasteiger partial charge < -0.3 is 10.7 Å². The minimum Gasteiger partial charge on any atom is -0.631 e. The van der Waals surface area contributed by atoms with Crippen molar-refractivity contribution in [1.82, 2.24) is 0 Å². The van der Waals surface area contributed by atoms with E-state index in [0.29, 0.717) is 5.92 Å². The predicted octanol–water partition coefficient (Wildman–Crippen LogP) is 0.217. The first-order valence-electron chi connectivity index (χ1n) is 2.39. The summed E-state index contributed by atoms with van der Waals surface area (Å²) in [6.07, 6.45) is 3.37. The molecule has 0 saturated heterocycles. The summed E-state index contributed by atoms with van der Waals surface area (Å²) in [6, 6.07) is 0. The highest BCUT2D eigenvalue weighted by Crippen LogP contribution is 1.88. The minimum absolute atomic E-state index is 0.491. The second kappa shape index (κ2) is 3.84. The van der Waals surface area contributed by atoms with Crippen molar-refractivity contribution in [3.05, 3.63) is 17.5 Å². The maximum atomic E-state index is 9.62. The number of nitrogens with two attached hydrogens (primary N) is 1. The van der Waals surface area contributed by atoms with E-state index in [4.69, 9.17) is 0 Å². The quantitative estimate of drug-likeness (QED) is 0.496. The van der Waals surface area contributed by atoms with Gasteiger partial charge in [0.2, 0.25) is 0 Å². The van der Waals surface area contributed by atoms with Crippen LogP contribution in [0.1, 0.15) is 13.8 Å². The average molecular weight is 101 g/mol. The summed E-state index contributed by atoms with van der Waals surface area (Å²) in [5, 5.41) is 9.62. The number of quaternary nitrogens is 1. The number of allylic oxidation sites excluding steroid dienone is 1. The van der Waals surface area contributed by atoms with Crippen LogP contribution in [-0.2, 0) is 0 Å². The highest BCUT2D eigenvalue weighted by atomic mass is 16.5. The third-order valence-electron chi connectivity index (χ3n) is 0.575. The fraction of sp³-hybridized carbons (Fsp3) is 0.600. The maximum Gasteiger partial charge on any atom is 0.0887 e. The molecule has 0 heterocycles. The van der Waals surface area contributed by atoms with Crippen molar-refractivity contribution in [3.63, 3.8) is 0 Å². The molecule has 0 atom stereocenters. The molecule has 0 aromatic heterocycles. The van der Waals surface area contributed by atoms with E-state index in [1.165, 1.54) is 6.20 Å². The molecule has 42 valence electrons. The van der Waals surface area contributed by atoms with Crippen LogP contribution in [0.3, 0.4) is 0 Å². The first-order chi connectivity index (χ1) is 3.27. The Morgan fingerprint density at radius 1 is 1.57 bits per heavy atom. The first kappa shape index (κ1) is 6.66. The van der Waals surface area contributed by atoms with Gasteiger partial charge in [0.15, 0.2) is 0 Å². The smallest absolute Gasteiger partial charge is 0.0887 e. The lowest BCUT2D eigenvalue weighted by molar-refractivity contribution is -0.515. The summed E-state index contributed by atoms with van der Waals surface area (Å²) < 4.78 is 0. The van der Waals surface area contributed by atoms with Gasteiger partial charge in [-0.25, -0.2) is 0 Å². The van der Waals surface area contributed by atoms with Crippen molar-refractivity contribution in [3.8, 4) is 0 Å². The van der Waals surface area contributed by atoms with Crippen molar-refractivity contribution >= 4 is 0 Å². The Balaban J connectivity index is 3.08. The third kappa shape index (κ3) is 5.66. The molecule has 0 aromatic rings. The van der Waals surface area contributed by atoms with Crippen LogP contribution in [0.2, 0.25) is 0 Å². The van der Waals surface area contributed by atoms with Crippen molar-refractivity contribution in [2.24, 2.45) is 5.92 Å². The predicted molar refractivity (Wildman–Crippen MR) is 29.3 cm³/mol. The largest absolute Gasteiger partial charge is 0.631 e. The van der Waals surface area contributed by atoms with E-state index in [-0.39, 0.29) is 0 Å². The van der Waals surface area contributed by atoms with Crippen LogP contribution in [-0.4, -0.2) is 0 Å². The number of hydroxylamine groups is 1. The second-order valence-corrected chi connectivity index (χ2v) is 1.76. The summed E-state index contributed by atoms with van der Waals surface area (Å²) in [4.78, 5) is 0. The van der Waals surface area contributed by atoms with Gasteiger partial charge in [-0.15, -0.1) is 0 Å². The Bertz CT molecular complexity index is 59.1. The molecule has 0 saturated carbocycles. The monoisotopic (exact) mass is 101 g/mol. The van der Waals surface area contributed by atoms with Gasteiger partial charge in [0.05, 0.1) is 6.20 Å². The van der Waals surface area contributed by atoms with Gasteiger partial charge in [-0.05, 0) is 12.0 Å². The van der Waals surface area contributed by atoms with E-state index in [9.17, 15) is 5.21 Å². The molecule has 0 aromatic carbocycles. The first-order valence-corrected chi connectivity index (χ1v) is 2.39. The lowest BCUT2D eigenvalue weighted by Crippen LogP contribution is -2.70. The lowest BCUT2D eigenvalue weighted by Gasteiger charge is -1.92. The molecule has 0 aliphatic carbocycles. The molecule has 0 amide bonds. The molecule has 0 unspecified atom stereocenters. The Morgan fingerprint density at radius 2 is 2.14 bits per heavy atom. The number of rotatable bonds is 2. The van der Waals surface area contributed by atoms with Crippen molar-refractivity contribution in [2.75, 3.05) is 0 Å². The van der Waals surface area contributed by atoms with Gasteiger partial charge in [-0.3, -0.25) is 0 Å². The zero-order valence-corrected chi connectivity index (χ0v) is 4.72. The summed E-state index contributed by atoms with van der Waals surface area (Å²) >= 11 is 0. The van der Waals surface area contributed by atoms with Gasteiger partial charge in [0.25, 0.3) is 0 Å². The van der Waals surface area contributed by atoms with Gasteiger partial charge in [-0.1, -0.05) is 13.8 Å². The van der Waals surface area contributed by atoms with E-state index in [2.05, 4.69) is 0 Å². The summed E-state index contributed by atoms with van der Waals surface area (Å²) in [5.74, 6) is 0.491. The summed E-state index contributed by atoms with van der Waals surface area (Å²) in [5.41, 5.74) is 0.792. The molecule has 7 heavy (non-hydrogen) atoms. The zero-order valence-electron chi connectivity index (χ0n) is 4.72. The molecule has 0 fully saturated rings. The molecule has 0 bridgehead atoms. The summed E-state index contributed by atoms with van der Waals surface area (Å²) in [7, 11) is 0. The standard InChI is InChI=1S/C5H11NO/c1-5(2)3-4-6-7/h3-5H,6H2,1-2H3/b4-3+.